The molecule has 2 rings (SSSR count). The lowest BCUT2D eigenvalue weighted by Crippen LogP contribution is -2.44. The summed E-state index contributed by atoms with van der Waals surface area (Å²) in [6, 6.07) is 6.79. The van der Waals surface area contributed by atoms with Crippen molar-refractivity contribution in [3.05, 3.63) is 47.4 Å². The number of nitrogens with zero attached hydrogens (tertiary/aromatic N) is 1. The maximum absolute atomic E-state index is 10.7. The molecule has 1 heterocycles. The molecule has 0 bridgehead atoms. The van der Waals surface area contributed by atoms with E-state index in [-0.39, 0.29) is 19.3 Å². The second-order valence-corrected chi connectivity index (χ2v) is 5.94. The minimum absolute atomic E-state index is 0.139. The van der Waals surface area contributed by atoms with Crippen molar-refractivity contribution < 1.29 is 24.1 Å². The molecule has 1 aliphatic rings. The van der Waals surface area contributed by atoms with Gasteiger partial charge >= 0.3 is 0 Å². The SMILES string of the molecule is CCO/C(=C/NC1c2cc(C#N)ccc2O[C@@H](CC)[C@@H]1O)COCC=C=O. The quantitative estimate of drug-likeness (QED) is 0.388. The molecular weight excluding hydrogens is 348 g/mol. The Kier molecular flexibility index (Phi) is 7.90. The molecule has 2 N–H and O–H groups in total. The molecule has 0 aromatic heterocycles. The highest BCUT2D eigenvalue weighted by Crippen LogP contribution is 2.36. The van der Waals surface area contributed by atoms with Gasteiger partial charge in [0.1, 0.15) is 36.3 Å². The molecule has 144 valence electrons. The van der Waals surface area contributed by atoms with Crippen LogP contribution >= 0.6 is 0 Å². The number of hydrogen-bond acceptors (Lipinski definition) is 7. The summed E-state index contributed by atoms with van der Waals surface area (Å²) >= 11 is 0. The highest BCUT2D eigenvalue weighted by Gasteiger charge is 2.36. The molecule has 3 atom stereocenters. The standard InChI is InChI=1S/C20H24N2O5/c1-3-17-20(24)19(16-10-14(11-21)6-7-18(16)27-17)22-12-15(26-4-2)13-25-9-5-8-23/h5-7,10,12,17,19-20,22,24H,3-4,9,13H2,1-2H3/b15-12+/t17-,19?,20-/m0/s1. The molecule has 0 fully saturated rings. The van der Waals surface area contributed by atoms with Crippen LogP contribution < -0.4 is 10.1 Å². The Labute approximate surface area is 158 Å². The van der Waals surface area contributed by atoms with Gasteiger partial charge in [0.15, 0.2) is 0 Å². The van der Waals surface area contributed by atoms with E-state index in [0.29, 0.717) is 35.7 Å². The lowest BCUT2D eigenvalue weighted by atomic mass is 9.91. The zero-order valence-corrected chi connectivity index (χ0v) is 15.5. The Morgan fingerprint density at radius 3 is 2.93 bits per heavy atom. The van der Waals surface area contributed by atoms with Gasteiger partial charge in [-0.1, -0.05) is 6.92 Å². The number of nitriles is 1. The molecule has 0 aliphatic carbocycles. The summed E-state index contributed by atoms with van der Waals surface area (Å²) in [6.07, 6.45) is 2.37. The van der Waals surface area contributed by atoms with Gasteiger partial charge in [-0.15, -0.1) is 0 Å². The fraction of sp³-hybridized carbons (Fsp3) is 0.450. The Balaban J connectivity index is 2.23. The van der Waals surface area contributed by atoms with Crippen molar-refractivity contribution >= 4 is 5.94 Å². The van der Waals surface area contributed by atoms with Crippen LogP contribution in [-0.4, -0.2) is 43.1 Å². The fourth-order valence-electron chi connectivity index (χ4n) is 2.86. The van der Waals surface area contributed by atoms with Gasteiger partial charge in [-0.25, -0.2) is 4.79 Å². The first-order valence-corrected chi connectivity index (χ1v) is 8.88. The molecular formula is C20H24N2O5. The molecule has 1 aliphatic heterocycles. The highest BCUT2D eigenvalue weighted by molar-refractivity contribution is 5.46. The van der Waals surface area contributed by atoms with Gasteiger partial charge in [-0.05, 0) is 31.5 Å². The lowest BCUT2D eigenvalue weighted by molar-refractivity contribution is -0.00596. The first-order valence-electron chi connectivity index (χ1n) is 8.88. The first-order chi connectivity index (χ1) is 13.1. The minimum atomic E-state index is -0.797. The van der Waals surface area contributed by atoms with E-state index in [1.165, 1.54) is 6.08 Å². The molecule has 1 unspecified atom stereocenters. The molecule has 0 spiro atoms. The number of nitrogens with one attached hydrogen (secondary N) is 1. The van der Waals surface area contributed by atoms with Crippen LogP contribution in [0.2, 0.25) is 0 Å². The van der Waals surface area contributed by atoms with Gasteiger partial charge in [-0.3, -0.25) is 0 Å². The zero-order chi connectivity index (χ0) is 19.6. The van der Waals surface area contributed by atoms with Gasteiger partial charge in [0.2, 0.25) is 0 Å². The van der Waals surface area contributed by atoms with Crippen molar-refractivity contribution in [1.29, 1.82) is 5.26 Å². The number of ether oxygens (including phenoxy) is 3. The van der Waals surface area contributed by atoms with E-state index >= 15 is 0 Å². The fourth-order valence-corrected chi connectivity index (χ4v) is 2.86. The molecule has 1 aromatic rings. The average Bonchev–Trinajstić information content (AvgIpc) is 2.69. The van der Waals surface area contributed by atoms with Crippen LogP contribution in [0.5, 0.6) is 5.75 Å². The minimum Gasteiger partial charge on any atom is -0.494 e. The Hall–Kier alpha value is -2.78. The second-order valence-electron chi connectivity index (χ2n) is 5.94. The van der Waals surface area contributed by atoms with E-state index in [1.54, 1.807) is 30.3 Å². The molecule has 0 saturated carbocycles. The predicted molar refractivity (Wildman–Crippen MR) is 98.5 cm³/mol. The first kappa shape index (κ1) is 20.5. The zero-order valence-electron chi connectivity index (χ0n) is 15.5. The summed E-state index contributed by atoms with van der Waals surface area (Å²) in [5, 5.41) is 23.0. The third-order valence-electron chi connectivity index (χ3n) is 4.16. The lowest BCUT2D eigenvalue weighted by Gasteiger charge is -2.36. The number of benzene rings is 1. The van der Waals surface area contributed by atoms with E-state index < -0.39 is 12.1 Å². The Morgan fingerprint density at radius 1 is 1.44 bits per heavy atom. The molecule has 1 aromatic carbocycles. The van der Waals surface area contributed by atoms with Crippen LogP contribution in [0, 0.1) is 11.3 Å². The molecule has 7 heteroatoms. The van der Waals surface area contributed by atoms with Gasteiger partial charge < -0.3 is 24.6 Å². The van der Waals surface area contributed by atoms with Gasteiger partial charge in [0, 0.05) is 17.8 Å². The van der Waals surface area contributed by atoms with Gasteiger partial charge in [0.05, 0.1) is 30.9 Å². The summed E-state index contributed by atoms with van der Waals surface area (Å²) in [4.78, 5) is 10.2. The maximum Gasteiger partial charge on any atom is 0.137 e. The van der Waals surface area contributed by atoms with Crippen LogP contribution in [0.25, 0.3) is 0 Å². The maximum atomic E-state index is 10.7. The molecule has 27 heavy (non-hydrogen) atoms. The van der Waals surface area contributed by atoms with E-state index in [1.807, 2.05) is 13.8 Å². The van der Waals surface area contributed by atoms with E-state index in [9.17, 15) is 9.90 Å². The summed E-state index contributed by atoms with van der Waals surface area (Å²) in [6.45, 7) is 4.55. The van der Waals surface area contributed by atoms with Crippen LogP contribution in [-0.2, 0) is 14.3 Å². The average molecular weight is 372 g/mol. The molecule has 0 saturated heterocycles. The highest BCUT2D eigenvalue weighted by atomic mass is 16.5. The second kappa shape index (κ2) is 10.4. The van der Waals surface area contributed by atoms with Crippen molar-refractivity contribution in [2.75, 3.05) is 19.8 Å². The Bertz CT molecular complexity index is 749. The third kappa shape index (κ3) is 5.35. The van der Waals surface area contributed by atoms with Crippen LogP contribution in [0.1, 0.15) is 37.4 Å². The number of fused-ring (bicyclic) bond motifs is 1. The number of hydrogen-bond donors (Lipinski definition) is 2. The number of rotatable bonds is 9. The van der Waals surface area contributed by atoms with Crippen LogP contribution in [0.3, 0.4) is 0 Å². The summed E-state index contributed by atoms with van der Waals surface area (Å²) < 4.78 is 16.7. The molecule has 7 nitrogen and oxygen atoms in total. The number of carbonyl (C=O) groups excluding carboxylic acids is 1. The normalized spacial score (nSPS) is 21.3. The van der Waals surface area contributed by atoms with Crippen molar-refractivity contribution in [3.63, 3.8) is 0 Å². The molecule has 0 radical (unpaired) electrons. The van der Waals surface area contributed by atoms with Crippen LogP contribution in [0.15, 0.2) is 36.2 Å². The van der Waals surface area contributed by atoms with Crippen molar-refractivity contribution in [2.45, 2.75) is 38.5 Å². The van der Waals surface area contributed by atoms with E-state index in [4.69, 9.17) is 19.5 Å². The van der Waals surface area contributed by atoms with Crippen LogP contribution in [0.4, 0.5) is 0 Å². The number of aliphatic hydroxyl groups excluding tert-OH is 1. The van der Waals surface area contributed by atoms with E-state index in [2.05, 4.69) is 11.4 Å². The van der Waals surface area contributed by atoms with Crippen molar-refractivity contribution in [3.8, 4) is 11.8 Å². The largest absolute Gasteiger partial charge is 0.494 e. The topological polar surface area (TPSA) is 101 Å². The van der Waals surface area contributed by atoms with Gasteiger partial charge in [0.25, 0.3) is 0 Å². The van der Waals surface area contributed by atoms with E-state index in [0.717, 1.165) is 0 Å². The summed E-state index contributed by atoms with van der Waals surface area (Å²) in [5.74, 6) is 2.82. The summed E-state index contributed by atoms with van der Waals surface area (Å²) in [7, 11) is 0. The Morgan fingerprint density at radius 2 is 2.26 bits per heavy atom. The van der Waals surface area contributed by atoms with Gasteiger partial charge in [-0.2, -0.15) is 5.26 Å². The summed E-state index contributed by atoms with van der Waals surface area (Å²) in [5.41, 5.74) is 1.20. The number of aliphatic hydroxyl groups is 1. The third-order valence-corrected chi connectivity index (χ3v) is 4.16. The van der Waals surface area contributed by atoms with Crippen molar-refractivity contribution in [1.82, 2.24) is 5.32 Å². The molecule has 0 amide bonds. The smallest absolute Gasteiger partial charge is 0.137 e. The predicted octanol–water partition coefficient (Wildman–Crippen LogP) is 2.00. The van der Waals surface area contributed by atoms with Crippen molar-refractivity contribution in [2.24, 2.45) is 0 Å². The monoisotopic (exact) mass is 372 g/mol.